The van der Waals surface area contributed by atoms with Crippen molar-refractivity contribution in [3.8, 4) is 0 Å². The number of aliphatic hydroxyl groups excluding tert-OH is 1. The summed E-state index contributed by atoms with van der Waals surface area (Å²) in [6.07, 6.45) is 2.79. The lowest BCUT2D eigenvalue weighted by Crippen LogP contribution is -2.42. The van der Waals surface area contributed by atoms with Gasteiger partial charge in [0.15, 0.2) is 6.29 Å². The number of carbonyl (C=O) groups excluding carboxylic acids is 2. The van der Waals surface area contributed by atoms with Gasteiger partial charge in [-0.15, -0.1) is 0 Å². The molecule has 4 unspecified atom stereocenters. The largest absolute Gasteiger partial charge is 0.392 e. The third-order valence-corrected chi connectivity index (χ3v) is 7.31. The fraction of sp³-hybridized carbons (Fsp3) is 0.517. The van der Waals surface area contributed by atoms with Crippen LogP contribution in [0.4, 0.5) is 5.69 Å². The van der Waals surface area contributed by atoms with Gasteiger partial charge in [-0.1, -0.05) is 36.4 Å². The second-order valence-corrected chi connectivity index (χ2v) is 10.2. The second kappa shape index (κ2) is 14.5. The van der Waals surface area contributed by atoms with Crippen LogP contribution < -0.4 is 10.8 Å². The molecule has 10 nitrogen and oxygen atoms in total. The van der Waals surface area contributed by atoms with Crippen LogP contribution in [-0.4, -0.2) is 66.0 Å². The molecule has 212 valence electrons. The molecule has 39 heavy (non-hydrogen) atoms. The first-order valence-electron chi connectivity index (χ1n) is 13.6. The second-order valence-electron chi connectivity index (χ2n) is 10.2. The summed E-state index contributed by atoms with van der Waals surface area (Å²) in [4.78, 5) is 25.8. The third kappa shape index (κ3) is 8.31. The summed E-state index contributed by atoms with van der Waals surface area (Å²) in [5.74, 6) is -0.721. The van der Waals surface area contributed by atoms with Crippen molar-refractivity contribution in [3.63, 3.8) is 0 Å². The summed E-state index contributed by atoms with van der Waals surface area (Å²) < 4.78 is 18.3. The number of rotatable bonds is 12. The quantitative estimate of drug-likeness (QED) is 0.238. The molecule has 4 atom stereocenters. The number of nitrogens with one attached hydrogen (secondary N) is 2. The average Bonchev–Trinajstić information content (AvgIpc) is 3.39. The molecule has 2 aromatic rings. The predicted octanol–water partition coefficient (Wildman–Crippen LogP) is 3.45. The molecule has 4 rings (SSSR count). The van der Waals surface area contributed by atoms with Crippen LogP contribution in [0.15, 0.2) is 48.5 Å². The van der Waals surface area contributed by atoms with E-state index < -0.39 is 12.2 Å². The van der Waals surface area contributed by atoms with Crippen LogP contribution in [0.1, 0.15) is 67.6 Å². The molecule has 0 radical (unpaired) electrons. The van der Waals surface area contributed by atoms with Crippen molar-refractivity contribution in [3.05, 3.63) is 65.2 Å². The molecular formula is C29H39N3O7. The molecule has 0 bridgehead atoms. The van der Waals surface area contributed by atoms with Gasteiger partial charge in [-0.25, -0.2) is 5.48 Å². The number of hydrogen-bond donors (Lipinski definition) is 4. The van der Waals surface area contributed by atoms with Gasteiger partial charge in [0.2, 0.25) is 11.8 Å². The maximum atomic E-state index is 12.2. The van der Waals surface area contributed by atoms with Crippen molar-refractivity contribution >= 4 is 17.5 Å². The molecule has 2 aromatic carbocycles. The fourth-order valence-electron chi connectivity index (χ4n) is 5.22. The Morgan fingerprint density at radius 2 is 1.74 bits per heavy atom. The van der Waals surface area contributed by atoms with E-state index in [2.05, 4.69) is 10.2 Å². The van der Waals surface area contributed by atoms with Gasteiger partial charge >= 0.3 is 0 Å². The smallest absolute Gasteiger partial charge is 0.243 e. The van der Waals surface area contributed by atoms with E-state index in [0.29, 0.717) is 31.2 Å². The third-order valence-electron chi connectivity index (χ3n) is 7.31. The highest BCUT2D eigenvalue weighted by Gasteiger charge is 2.35. The van der Waals surface area contributed by atoms with E-state index in [-0.39, 0.29) is 37.6 Å². The Hall–Kier alpha value is -2.86. The zero-order chi connectivity index (χ0) is 27.6. The Morgan fingerprint density at radius 1 is 1.03 bits per heavy atom. The first-order valence-corrected chi connectivity index (χ1v) is 13.6. The topological polar surface area (TPSA) is 130 Å². The maximum Gasteiger partial charge on any atom is 0.243 e. The van der Waals surface area contributed by atoms with Gasteiger partial charge in [-0.2, -0.15) is 0 Å². The van der Waals surface area contributed by atoms with Crippen molar-refractivity contribution in [2.75, 3.05) is 32.1 Å². The number of nitrogens with zero attached hydrogens (tertiary/aromatic N) is 1. The van der Waals surface area contributed by atoms with E-state index in [1.165, 1.54) is 0 Å². The van der Waals surface area contributed by atoms with Crippen molar-refractivity contribution in [2.24, 2.45) is 0 Å². The molecule has 2 aliphatic heterocycles. The highest BCUT2D eigenvalue weighted by atomic mass is 16.7. The lowest BCUT2D eigenvalue weighted by molar-refractivity contribution is -0.253. The van der Waals surface area contributed by atoms with Gasteiger partial charge in [-0.05, 0) is 49.1 Å². The molecule has 0 aliphatic carbocycles. The number of aliphatic hydroxyl groups is 1. The Bertz CT molecular complexity index is 1060. The number of carbonyl (C=O) groups is 2. The summed E-state index contributed by atoms with van der Waals surface area (Å²) in [7, 11) is 1.74. The molecule has 2 aliphatic rings. The zero-order valence-electron chi connectivity index (χ0n) is 22.4. The molecule has 0 spiro atoms. The number of ether oxygens (including phenoxy) is 3. The lowest BCUT2D eigenvalue weighted by atomic mass is 9.99. The zero-order valence-corrected chi connectivity index (χ0v) is 22.4. The number of benzene rings is 2. The molecule has 4 N–H and O–H groups in total. The van der Waals surface area contributed by atoms with E-state index in [9.17, 15) is 14.7 Å². The first-order chi connectivity index (χ1) is 19.0. The molecule has 0 saturated carbocycles. The van der Waals surface area contributed by atoms with Crippen molar-refractivity contribution < 1.29 is 34.1 Å². The Balaban J connectivity index is 1.43. The van der Waals surface area contributed by atoms with Gasteiger partial charge in [-0.3, -0.25) is 19.7 Å². The van der Waals surface area contributed by atoms with Crippen LogP contribution >= 0.6 is 0 Å². The number of amides is 2. The van der Waals surface area contributed by atoms with Crippen LogP contribution in [-0.2, 0) is 30.4 Å². The van der Waals surface area contributed by atoms with Crippen molar-refractivity contribution in [1.82, 2.24) is 10.4 Å². The molecule has 2 fully saturated rings. The monoisotopic (exact) mass is 541 g/mol. The Morgan fingerprint density at radius 3 is 2.44 bits per heavy atom. The predicted molar refractivity (Wildman–Crippen MR) is 144 cm³/mol. The highest BCUT2D eigenvalue weighted by molar-refractivity contribution is 5.91. The molecule has 2 heterocycles. The van der Waals surface area contributed by atoms with E-state index >= 15 is 0 Å². The van der Waals surface area contributed by atoms with Gasteiger partial charge in [0.05, 0.1) is 25.4 Å². The van der Waals surface area contributed by atoms with Gasteiger partial charge < -0.3 is 24.6 Å². The van der Waals surface area contributed by atoms with Crippen LogP contribution in [0.5, 0.6) is 0 Å². The summed E-state index contributed by atoms with van der Waals surface area (Å²) in [5.41, 5.74) is 4.95. The van der Waals surface area contributed by atoms with Gasteiger partial charge in [0, 0.05) is 50.2 Å². The van der Waals surface area contributed by atoms with E-state index in [1.54, 1.807) is 12.6 Å². The van der Waals surface area contributed by atoms with Crippen LogP contribution in [0.2, 0.25) is 0 Å². The van der Waals surface area contributed by atoms with E-state index in [0.717, 1.165) is 42.6 Å². The number of likely N-dealkylation sites (tertiary alicyclic amines) is 1. The molecular weight excluding hydrogens is 502 g/mol. The average molecular weight is 542 g/mol. The summed E-state index contributed by atoms with van der Waals surface area (Å²) in [5, 5.41) is 20.8. The van der Waals surface area contributed by atoms with E-state index in [1.807, 2.05) is 48.5 Å². The minimum atomic E-state index is -0.573. The van der Waals surface area contributed by atoms with Crippen LogP contribution in [0.25, 0.3) is 0 Å². The standard InChI is InChI=1S/C29H39N3O7/c1-37-19-24-4-3-15-32(24)17-25-16-26(21-9-7-20(18-33)8-10-21)39-29(38-25)22-11-13-23(14-12-22)30-27(34)5-2-6-28(35)31-36/h7-14,24-26,29,33,36H,2-6,15-19H2,1H3,(H,30,34)(H,31,35). The summed E-state index contributed by atoms with van der Waals surface area (Å²) in [6, 6.07) is 15.6. The van der Waals surface area contributed by atoms with Crippen LogP contribution in [0.3, 0.4) is 0 Å². The van der Waals surface area contributed by atoms with Gasteiger partial charge in [0.1, 0.15) is 0 Å². The van der Waals surface area contributed by atoms with Gasteiger partial charge in [0.25, 0.3) is 0 Å². The minimum absolute atomic E-state index is 0.00308. The van der Waals surface area contributed by atoms with Crippen molar-refractivity contribution in [1.29, 1.82) is 0 Å². The molecule has 2 saturated heterocycles. The minimum Gasteiger partial charge on any atom is -0.392 e. The maximum absolute atomic E-state index is 12.2. The fourth-order valence-corrected chi connectivity index (χ4v) is 5.22. The Labute approximate surface area is 229 Å². The first kappa shape index (κ1) is 29.1. The molecule has 2 amide bonds. The summed E-state index contributed by atoms with van der Waals surface area (Å²) >= 11 is 0. The number of hydroxylamine groups is 1. The number of methoxy groups -OCH3 is 1. The lowest BCUT2D eigenvalue weighted by Gasteiger charge is -2.38. The Kier molecular flexibility index (Phi) is 10.8. The molecule has 10 heteroatoms. The van der Waals surface area contributed by atoms with Crippen molar-refractivity contribution in [2.45, 2.75) is 69.7 Å². The molecule has 0 aromatic heterocycles. The van der Waals surface area contributed by atoms with Crippen LogP contribution in [0, 0.1) is 0 Å². The SMILES string of the molecule is COCC1CCCN1CC1CC(c2ccc(CO)cc2)OC(c2ccc(NC(=O)CCCC(=O)NO)cc2)O1. The number of anilines is 1. The summed E-state index contributed by atoms with van der Waals surface area (Å²) in [6.45, 7) is 2.52. The van der Waals surface area contributed by atoms with E-state index in [4.69, 9.17) is 19.4 Å². The highest BCUT2D eigenvalue weighted by Crippen LogP contribution is 2.39. The number of hydrogen-bond acceptors (Lipinski definition) is 8. The normalized spacial score (nSPS) is 23.5.